The summed E-state index contributed by atoms with van der Waals surface area (Å²) in [7, 11) is 0. The molecule has 0 saturated carbocycles. The molecule has 3 heteroatoms. The number of ether oxygens (including phenoxy) is 1. The molecule has 0 aliphatic heterocycles. The van der Waals surface area contributed by atoms with E-state index >= 15 is 0 Å². The second kappa shape index (κ2) is 8.37. The van der Waals surface area contributed by atoms with Crippen LogP contribution in [0, 0.1) is 6.92 Å². The summed E-state index contributed by atoms with van der Waals surface area (Å²) in [5, 5.41) is 2.97. The molecule has 1 amide bonds. The summed E-state index contributed by atoms with van der Waals surface area (Å²) in [6, 6.07) is 15.8. The van der Waals surface area contributed by atoms with E-state index in [0.717, 1.165) is 29.7 Å². The van der Waals surface area contributed by atoms with E-state index in [9.17, 15) is 4.79 Å². The Bertz CT molecular complexity index is 632. The Hall–Kier alpha value is -2.29. The average molecular weight is 311 g/mol. The monoisotopic (exact) mass is 311 g/mol. The Balaban J connectivity index is 1.74. The van der Waals surface area contributed by atoms with Gasteiger partial charge in [-0.3, -0.25) is 4.79 Å². The van der Waals surface area contributed by atoms with Gasteiger partial charge in [-0.1, -0.05) is 29.8 Å². The fourth-order valence-corrected chi connectivity index (χ4v) is 2.39. The number of benzene rings is 2. The van der Waals surface area contributed by atoms with Crippen molar-refractivity contribution in [2.75, 3.05) is 6.54 Å². The van der Waals surface area contributed by atoms with Crippen molar-refractivity contribution >= 4 is 5.91 Å². The van der Waals surface area contributed by atoms with Crippen molar-refractivity contribution in [3.05, 3.63) is 65.2 Å². The summed E-state index contributed by atoms with van der Waals surface area (Å²) in [5.41, 5.74) is 3.08. The van der Waals surface area contributed by atoms with Crippen LogP contribution in [-0.2, 0) is 6.42 Å². The van der Waals surface area contributed by atoms with Crippen molar-refractivity contribution in [3.63, 3.8) is 0 Å². The lowest BCUT2D eigenvalue weighted by Crippen LogP contribution is -2.24. The summed E-state index contributed by atoms with van der Waals surface area (Å²) in [6.07, 6.45) is 2.05. The van der Waals surface area contributed by atoms with Crippen LogP contribution in [0.1, 0.15) is 41.8 Å². The van der Waals surface area contributed by atoms with Gasteiger partial charge in [-0.15, -0.1) is 0 Å². The van der Waals surface area contributed by atoms with Gasteiger partial charge in [0.15, 0.2) is 0 Å². The van der Waals surface area contributed by atoms with Crippen molar-refractivity contribution in [2.45, 2.75) is 39.7 Å². The molecule has 0 saturated heterocycles. The Morgan fingerprint density at radius 2 is 1.87 bits per heavy atom. The van der Waals surface area contributed by atoms with E-state index in [2.05, 4.69) is 17.4 Å². The fraction of sp³-hybridized carbons (Fsp3) is 0.350. The normalized spacial score (nSPS) is 10.6. The SMILES string of the molecule is Cc1cccc(C(=O)NCCCc2ccc(OC(C)C)cc2)c1. The first-order valence-corrected chi connectivity index (χ1v) is 8.15. The molecular weight excluding hydrogens is 286 g/mol. The van der Waals surface area contributed by atoms with E-state index in [1.54, 1.807) is 0 Å². The van der Waals surface area contributed by atoms with Crippen molar-refractivity contribution in [2.24, 2.45) is 0 Å². The zero-order chi connectivity index (χ0) is 16.7. The molecule has 122 valence electrons. The molecular formula is C20H25NO2. The number of carbonyl (C=O) groups excluding carboxylic acids is 1. The van der Waals surface area contributed by atoms with Gasteiger partial charge in [-0.25, -0.2) is 0 Å². The molecule has 0 radical (unpaired) electrons. The largest absolute Gasteiger partial charge is 0.491 e. The highest BCUT2D eigenvalue weighted by Crippen LogP contribution is 2.14. The molecule has 3 nitrogen and oxygen atoms in total. The second-order valence-electron chi connectivity index (χ2n) is 6.04. The molecule has 0 unspecified atom stereocenters. The number of hydrogen-bond donors (Lipinski definition) is 1. The maximum Gasteiger partial charge on any atom is 0.251 e. The summed E-state index contributed by atoms with van der Waals surface area (Å²) in [5.74, 6) is 0.894. The van der Waals surface area contributed by atoms with Crippen LogP contribution in [0.2, 0.25) is 0 Å². The van der Waals surface area contributed by atoms with Crippen LogP contribution < -0.4 is 10.1 Å². The highest BCUT2D eigenvalue weighted by Gasteiger charge is 2.04. The summed E-state index contributed by atoms with van der Waals surface area (Å²) in [4.78, 5) is 12.0. The van der Waals surface area contributed by atoms with Gasteiger partial charge >= 0.3 is 0 Å². The van der Waals surface area contributed by atoms with Crippen LogP contribution in [0.15, 0.2) is 48.5 Å². The smallest absolute Gasteiger partial charge is 0.251 e. The average Bonchev–Trinajstić information content (AvgIpc) is 2.52. The van der Waals surface area contributed by atoms with Crippen LogP contribution in [0.25, 0.3) is 0 Å². The molecule has 0 fully saturated rings. The highest BCUT2D eigenvalue weighted by molar-refractivity contribution is 5.94. The number of nitrogens with one attached hydrogen (secondary N) is 1. The topological polar surface area (TPSA) is 38.3 Å². The number of hydrogen-bond acceptors (Lipinski definition) is 2. The fourth-order valence-electron chi connectivity index (χ4n) is 2.39. The van der Waals surface area contributed by atoms with E-state index in [-0.39, 0.29) is 12.0 Å². The zero-order valence-electron chi connectivity index (χ0n) is 14.1. The minimum absolute atomic E-state index is 0.00520. The van der Waals surface area contributed by atoms with Gasteiger partial charge in [0.25, 0.3) is 5.91 Å². The lowest BCUT2D eigenvalue weighted by Gasteiger charge is -2.10. The lowest BCUT2D eigenvalue weighted by atomic mass is 10.1. The van der Waals surface area contributed by atoms with Crippen LogP contribution in [0.4, 0.5) is 0 Å². The van der Waals surface area contributed by atoms with Crippen molar-refractivity contribution in [1.29, 1.82) is 0 Å². The maximum absolute atomic E-state index is 12.0. The van der Waals surface area contributed by atoms with E-state index < -0.39 is 0 Å². The quantitative estimate of drug-likeness (QED) is 0.780. The summed E-state index contributed by atoms with van der Waals surface area (Å²) in [6.45, 7) is 6.70. The highest BCUT2D eigenvalue weighted by atomic mass is 16.5. The number of aryl methyl sites for hydroxylation is 2. The molecule has 0 atom stereocenters. The zero-order valence-corrected chi connectivity index (χ0v) is 14.1. The molecule has 23 heavy (non-hydrogen) atoms. The molecule has 0 aromatic heterocycles. The predicted octanol–water partition coefficient (Wildman–Crippen LogP) is 4.14. The number of carbonyl (C=O) groups is 1. The minimum atomic E-state index is -0.00520. The lowest BCUT2D eigenvalue weighted by molar-refractivity contribution is 0.0953. The van der Waals surface area contributed by atoms with E-state index in [1.165, 1.54) is 5.56 Å². The Morgan fingerprint density at radius 1 is 1.13 bits per heavy atom. The summed E-state index contributed by atoms with van der Waals surface area (Å²) < 4.78 is 5.63. The van der Waals surface area contributed by atoms with Crippen LogP contribution in [0.5, 0.6) is 5.75 Å². The second-order valence-corrected chi connectivity index (χ2v) is 6.04. The first-order valence-electron chi connectivity index (χ1n) is 8.15. The van der Waals surface area contributed by atoms with Crippen molar-refractivity contribution in [3.8, 4) is 5.75 Å². The Kier molecular flexibility index (Phi) is 6.21. The first-order chi connectivity index (χ1) is 11.0. The third-order valence-corrected chi connectivity index (χ3v) is 3.50. The molecule has 2 aromatic rings. The maximum atomic E-state index is 12.0. The third-order valence-electron chi connectivity index (χ3n) is 3.50. The van der Waals surface area contributed by atoms with Crippen LogP contribution >= 0.6 is 0 Å². The van der Waals surface area contributed by atoms with Crippen molar-refractivity contribution < 1.29 is 9.53 Å². The molecule has 0 bridgehead atoms. The molecule has 2 aromatic carbocycles. The van der Waals surface area contributed by atoms with Gasteiger partial charge < -0.3 is 10.1 Å². The van der Waals surface area contributed by atoms with Gasteiger partial charge in [0, 0.05) is 12.1 Å². The Morgan fingerprint density at radius 3 is 2.52 bits per heavy atom. The van der Waals surface area contributed by atoms with Gasteiger partial charge in [0.1, 0.15) is 5.75 Å². The van der Waals surface area contributed by atoms with Gasteiger partial charge in [-0.05, 0) is 63.4 Å². The van der Waals surface area contributed by atoms with Gasteiger partial charge in [-0.2, -0.15) is 0 Å². The Labute approximate surface area is 138 Å². The van der Waals surface area contributed by atoms with Gasteiger partial charge in [0.2, 0.25) is 0 Å². The number of amides is 1. The van der Waals surface area contributed by atoms with E-state index in [0.29, 0.717) is 6.54 Å². The van der Waals surface area contributed by atoms with Crippen LogP contribution in [0.3, 0.4) is 0 Å². The molecule has 1 N–H and O–H groups in total. The molecule has 0 heterocycles. The van der Waals surface area contributed by atoms with Crippen molar-refractivity contribution in [1.82, 2.24) is 5.32 Å². The molecule has 0 spiro atoms. The third kappa shape index (κ3) is 5.78. The van der Waals surface area contributed by atoms with Gasteiger partial charge in [0.05, 0.1) is 6.10 Å². The standard InChI is InChI=1S/C20H25NO2/c1-15(2)23-19-11-9-17(10-12-19)7-5-13-21-20(22)18-8-4-6-16(3)14-18/h4,6,8-12,14-15H,5,7,13H2,1-3H3,(H,21,22). The summed E-state index contributed by atoms with van der Waals surface area (Å²) >= 11 is 0. The molecule has 2 rings (SSSR count). The number of rotatable bonds is 7. The van der Waals surface area contributed by atoms with E-state index in [1.807, 2.05) is 57.2 Å². The van der Waals surface area contributed by atoms with E-state index in [4.69, 9.17) is 4.74 Å². The predicted molar refractivity (Wildman–Crippen MR) is 94.0 cm³/mol. The molecule has 0 aliphatic rings. The van der Waals surface area contributed by atoms with Crippen LogP contribution in [-0.4, -0.2) is 18.6 Å². The molecule has 0 aliphatic carbocycles. The first kappa shape index (κ1) is 17.1. The minimum Gasteiger partial charge on any atom is -0.491 e.